The van der Waals surface area contributed by atoms with Crippen LogP contribution in [-0.2, 0) is 25.7 Å². The number of thioether (sulfide) groups is 1. The summed E-state index contributed by atoms with van der Waals surface area (Å²) in [5.41, 5.74) is 1.68. The van der Waals surface area contributed by atoms with Crippen molar-refractivity contribution in [1.29, 1.82) is 5.26 Å². The van der Waals surface area contributed by atoms with E-state index in [-0.39, 0.29) is 22.3 Å². The molecule has 0 saturated carbocycles. The van der Waals surface area contributed by atoms with Gasteiger partial charge in [-0.3, -0.25) is 14.4 Å². The number of hydrogen-bond donors (Lipinski definition) is 2. The van der Waals surface area contributed by atoms with E-state index in [0.717, 1.165) is 17.3 Å². The molecule has 0 spiro atoms. The number of ether oxygens (including phenoxy) is 2. The van der Waals surface area contributed by atoms with Gasteiger partial charge in [0, 0.05) is 12.5 Å². The Morgan fingerprint density at radius 1 is 1.21 bits per heavy atom. The van der Waals surface area contributed by atoms with Gasteiger partial charge < -0.3 is 20.1 Å². The van der Waals surface area contributed by atoms with Crippen LogP contribution in [0, 0.1) is 17.2 Å². The summed E-state index contributed by atoms with van der Waals surface area (Å²) in [6.45, 7) is 0.365. The summed E-state index contributed by atoms with van der Waals surface area (Å²) in [4.78, 5) is 37.8. The average Bonchev–Trinajstić information content (AvgIpc) is 2.85. The molecule has 0 radical (unpaired) electrons. The van der Waals surface area contributed by atoms with Gasteiger partial charge in [-0.25, -0.2) is 0 Å². The Hall–Kier alpha value is -3.29. The smallest absolute Gasteiger partial charge is 0.319 e. The minimum Gasteiger partial charge on any atom is -0.496 e. The molecule has 0 unspecified atom stereocenters. The van der Waals surface area contributed by atoms with Gasteiger partial charge in [-0.1, -0.05) is 48.2 Å². The SMILES string of the molecule is COC(=O)[C@H]1C(=O)NC(SCC(=O)NCc2ccccc2)=C(C#N)[C@H]1c1ccc(OC)c(Br)c1. The molecule has 2 atom stereocenters. The molecule has 176 valence electrons. The van der Waals surface area contributed by atoms with E-state index in [1.54, 1.807) is 18.2 Å². The van der Waals surface area contributed by atoms with E-state index in [0.29, 0.717) is 22.3 Å². The standard InChI is InChI=1S/C24H22BrN3O5S/c1-32-18-9-8-15(10-17(18)25)20-16(11-26)23(28-22(30)21(20)24(31)33-2)34-13-19(29)27-12-14-6-4-3-5-7-14/h3-10,20-21H,12-13H2,1-2H3,(H,27,29)(H,28,30)/t20-,21-/m1/s1. The number of nitrogens with one attached hydrogen (secondary N) is 2. The van der Waals surface area contributed by atoms with E-state index in [1.807, 2.05) is 30.3 Å². The Labute approximate surface area is 209 Å². The van der Waals surface area contributed by atoms with Crippen LogP contribution in [0.15, 0.2) is 63.6 Å². The maximum atomic E-state index is 12.9. The van der Waals surface area contributed by atoms with E-state index < -0.39 is 23.7 Å². The lowest BCUT2D eigenvalue weighted by Gasteiger charge is -2.31. The maximum absolute atomic E-state index is 12.9. The lowest BCUT2D eigenvalue weighted by Crippen LogP contribution is -2.44. The minimum atomic E-state index is -1.25. The molecule has 1 aliphatic rings. The molecular formula is C24H22BrN3O5S. The highest BCUT2D eigenvalue weighted by atomic mass is 79.9. The molecule has 10 heteroatoms. The first kappa shape index (κ1) is 25.3. The lowest BCUT2D eigenvalue weighted by atomic mass is 9.78. The van der Waals surface area contributed by atoms with Gasteiger partial charge >= 0.3 is 5.97 Å². The zero-order valence-electron chi connectivity index (χ0n) is 18.5. The summed E-state index contributed by atoms with van der Waals surface area (Å²) >= 11 is 4.44. The summed E-state index contributed by atoms with van der Waals surface area (Å²) in [7, 11) is 2.71. The zero-order valence-corrected chi connectivity index (χ0v) is 20.9. The second kappa shape index (κ2) is 11.7. The van der Waals surface area contributed by atoms with Gasteiger partial charge in [-0.2, -0.15) is 5.26 Å². The second-order valence-corrected chi connectivity index (χ2v) is 9.11. The Bertz CT molecular complexity index is 1160. The quantitative estimate of drug-likeness (QED) is 0.387. The van der Waals surface area contributed by atoms with Crippen LogP contribution in [0.4, 0.5) is 0 Å². The molecule has 34 heavy (non-hydrogen) atoms. The third-order valence-electron chi connectivity index (χ3n) is 5.20. The van der Waals surface area contributed by atoms with Gasteiger partial charge in [0.2, 0.25) is 11.8 Å². The van der Waals surface area contributed by atoms with Gasteiger partial charge in [-0.15, -0.1) is 0 Å². The molecule has 2 amide bonds. The van der Waals surface area contributed by atoms with Crippen molar-refractivity contribution in [1.82, 2.24) is 10.6 Å². The van der Waals surface area contributed by atoms with Crippen LogP contribution in [0.2, 0.25) is 0 Å². The van der Waals surface area contributed by atoms with E-state index in [1.165, 1.54) is 14.2 Å². The van der Waals surface area contributed by atoms with Gasteiger partial charge in [0.1, 0.15) is 11.7 Å². The predicted octanol–water partition coefficient (Wildman–Crippen LogP) is 3.25. The monoisotopic (exact) mass is 543 g/mol. The molecule has 1 aliphatic heterocycles. The van der Waals surface area contributed by atoms with Crippen LogP contribution in [0.5, 0.6) is 5.75 Å². The number of esters is 1. The average molecular weight is 544 g/mol. The lowest BCUT2D eigenvalue weighted by molar-refractivity contribution is -0.150. The second-order valence-electron chi connectivity index (χ2n) is 7.27. The number of methoxy groups -OCH3 is 2. The van der Waals surface area contributed by atoms with Crippen molar-refractivity contribution < 1.29 is 23.9 Å². The first-order valence-corrected chi connectivity index (χ1v) is 12.0. The van der Waals surface area contributed by atoms with Crippen molar-refractivity contribution >= 4 is 45.5 Å². The number of allylic oxidation sites excluding steroid dienone is 1. The molecule has 2 N–H and O–H groups in total. The van der Waals surface area contributed by atoms with Crippen LogP contribution >= 0.6 is 27.7 Å². The molecule has 3 rings (SSSR count). The number of nitrogens with zero attached hydrogens (tertiary/aromatic N) is 1. The number of carbonyl (C=O) groups is 3. The molecule has 8 nitrogen and oxygen atoms in total. The Morgan fingerprint density at radius 2 is 1.94 bits per heavy atom. The third-order valence-corrected chi connectivity index (χ3v) is 6.84. The number of carbonyl (C=O) groups excluding carboxylic acids is 3. The maximum Gasteiger partial charge on any atom is 0.319 e. The number of nitriles is 1. The largest absolute Gasteiger partial charge is 0.496 e. The van der Waals surface area contributed by atoms with Gasteiger partial charge in [-0.05, 0) is 39.2 Å². The van der Waals surface area contributed by atoms with Crippen molar-refractivity contribution in [3.05, 3.63) is 74.7 Å². The van der Waals surface area contributed by atoms with Crippen molar-refractivity contribution in [3.8, 4) is 11.8 Å². The molecule has 0 aromatic heterocycles. The number of amides is 2. The van der Waals surface area contributed by atoms with Crippen LogP contribution in [0.25, 0.3) is 0 Å². The zero-order chi connectivity index (χ0) is 24.7. The van der Waals surface area contributed by atoms with E-state index in [4.69, 9.17) is 9.47 Å². The number of hydrogen-bond acceptors (Lipinski definition) is 7. The van der Waals surface area contributed by atoms with Crippen LogP contribution < -0.4 is 15.4 Å². The Kier molecular flexibility index (Phi) is 8.73. The van der Waals surface area contributed by atoms with Crippen molar-refractivity contribution in [2.75, 3.05) is 20.0 Å². The molecule has 2 aromatic carbocycles. The van der Waals surface area contributed by atoms with Crippen LogP contribution in [-0.4, -0.2) is 37.8 Å². The van der Waals surface area contributed by atoms with E-state index in [2.05, 4.69) is 32.6 Å². The Balaban J connectivity index is 1.87. The minimum absolute atomic E-state index is 0.0183. The summed E-state index contributed by atoms with van der Waals surface area (Å²) in [6.07, 6.45) is 0. The molecule has 0 bridgehead atoms. The van der Waals surface area contributed by atoms with Crippen molar-refractivity contribution in [2.45, 2.75) is 12.5 Å². The van der Waals surface area contributed by atoms with Crippen molar-refractivity contribution in [2.24, 2.45) is 5.92 Å². The highest BCUT2D eigenvalue weighted by Gasteiger charge is 2.44. The first-order chi connectivity index (χ1) is 16.4. The third kappa shape index (κ3) is 5.79. The van der Waals surface area contributed by atoms with Crippen LogP contribution in [0.1, 0.15) is 17.0 Å². The van der Waals surface area contributed by atoms with Gasteiger partial charge in [0.05, 0.1) is 41.1 Å². The predicted molar refractivity (Wildman–Crippen MR) is 130 cm³/mol. The van der Waals surface area contributed by atoms with Crippen LogP contribution in [0.3, 0.4) is 0 Å². The molecular weight excluding hydrogens is 522 g/mol. The van der Waals surface area contributed by atoms with E-state index >= 15 is 0 Å². The number of halogens is 1. The van der Waals surface area contributed by atoms with Crippen molar-refractivity contribution in [3.63, 3.8) is 0 Å². The summed E-state index contributed by atoms with van der Waals surface area (Å²) in [6, 6.07) is 16.6. The molecule has 0 fully saturated rings. The summed E-state index contributed by atoms with van der Waals surface area (Å²) in [5.74, 6) is -3.21. The topological polar surface area (TPSA) is 118 Å². The number of benzene rings is 2. The van der Waals surface area contributed by atoms with Gasteiger partial charge in [0.15, 0.2) is 0 Å². The molecule has 1 heterocycles. The number of rotatable bonds is 8. The summed E-state index contributed by atoms with van der Waals surface area (Å²) in [5, 5.41) is 15.6. The fourth-order valence-electron chi connectivity index (χ4n) is 3.54. The fraction of sp³-hybridized carbons (Fsp3) is 0.250. The first-order valence-electron chi connectivity index (χ1n) is 10.2. The Morgan fingerprint density at radius 3 is 2.56 bits per heavy atom. The molecule has 0 aliphatic carbocycles. The normalized spacial score (nSPS) is 17.4. The molecule has 0 saturated heterocycles. The fourth-order valence-corrected chi connectivity index (χ4v) is 4.98. The molecule has 2 aromatic rings. The highest BCUT2D eigenvalue weighted by Crippen LogP contribution is 2.42. The van der Waals surface area contributed by atoms with Gasteiger partial charge in [0.25, 0.3) is 0 Å². The summed E-state index contributed by atoms with van der Waals surface area (Å²) < 4.78 is 10.7. The highest BCUT2D eigenvalue weighted by molar-refractivity contribution is 9.10. The van der Waals surface area contributed by atoms with E-state index in [9.17, 15) is 19.6 Å².